The van der Waals surface area contributed by atoms with Gasteiger partial charge in [-0.15, -0.1) is 0 Å². The van der Waals surface area contributed by atoms with E-state index in [0.717, 1.165) is 0 Å². The van der Waals surface area contributed by atoms with Crippen LogP contribution in [0.4, 0.5) is 0 Å². The maximum Gasteiger partial charge on any atom is 0.117 e. The Morgan fingerprint density at radius 3 is 2.29 bits per heavy atom. The second-order valence-electron chi connectivity index (χ2n) is 8.90. The summed E-state index contributed by atoms with van der Waals surface area (Å²) in [5.41, 5.74) is 12.4. The van der Waals surface area contributed by atoms with Crippen LogP contribution in [0.15, 0.2) is 97.1 Å². The predicted molar refractivity (Wildman–Crippen MR) is 133 cm³/mol. The maximum absolute atomic E-state index is 6.65. The van der Waals surface area contributed by atoms with Crippen molar-refractivity contribution in [3.05, 3.63) is 119 Å². The van der Waals surface area contributed by atoms with Gasteiger partial charge in [0.1, 0.15) is 8.80 Å². The van der Waals surface area contributed by atoms with Crippen LogP contribution in [0.25, 0.3) is 16.8 Å². The van der Waals surface area contributed by atoms with Gasteiger partial charge in [0, 0.05) is 11.0 Å². The van der Waals surface area contributed by atoms with Crippen molar-refractivity contribution in [1.82, 2.24) is 0 Å². The van der Waals surface area contributed by atoms with Gasteiger partial charge in [-0.1, -0.05) is 115 Å². The molecule has 151 valence electrons. The summed E-state index contributed by atoms with van der Waals surface area (Å²) in [6.07, 6.45) is 5.59. The van der Waals surface area contributed by atoms with E-state index in [1.807, 2.05) is 0 Å². The van der Waals surface area contributed by atoms with E-state index in [4.69, 9.17) is 5.73 Å². The van der Waals surface area contributed by atoms with E-state index >= 15 is 0 Å². The Balaban J connectivity index is 1.66. The fraction of sp³-hybridized carbons (Fsp3) is 0.172. The molecule has 0 aliphatic heterocycles. The molecule has 6 rings (SSSR count). The first-order valence-corrected chi connectivity index (χ1v) is 12.9. The molecule has 0 heterocycles. The summed E-state index contributed by atoms with van der Waals surface area (Å²) in [7, 11) is -1.15. The predicted octanol–water partition coefficient (Wildman–Crippen LogP) is 5.44. The highest BCUT2D eigenvalue weighted by Gasteiger charge is 2.53. The Morgan fingerprint density at radius 2 is 1.52 bits per heavy atom. The summed E-state index contributed by atoms with van der Waals surface area (Å²) in [6.45, 7) is 2.43. The zero-order valence-electron chi connectivity index (χ0n) is 17.8. The van der Waals surface area contributed by atoms with Gasteiger partial charge in [0.15, 0.2) is 0 Å². The smallest absolute Gasteiger partial charge is 0.117 e. The van der Waals surface area contributed by atoms with Crippen molar-refractivity contribution in [2.24, 2.45) is 5.73 Å². The van der Waals surface area contributed by atoms with Crippen molar-refractivity contribution in [2.45, 2.75) is 23.8 Å². The monoisotopic (exact) mass is 416 g/mol. The van der Waals surface area contributed by atoms with Crippen molar-refractivity contribution in [3.63, 3.8) is 0 Å². The lowest BCUT2D eigenvalue weighted by molar-refractivity contribution is 0.500. The number of benzene rings is 4. The van der Waals surface area contributed by atoms with E-state index in [9.17, 15) is 0 Å². The molecule has 1 nitrogen and oxygen atoms in total. The molecule has 31 heavy (non-hydrogen) atoms. The summed E-state index contributed by atoms with van der Waals surface area (Å²) in [5.74, 6) is 0.818. The lowest BCUT2D eigenvalue weighted by Gasteiger charge is -2.44. The second kappa shape index (κ2) is 7.05. The quantitative estimate of drug-likeness (QED) is 0.440. The molecular formula is C29H26NSi. The van der Waals surface area contributed by atoms with Gasteiger partial charge in [-0.05, 0) is 45.1 Å². The van der Waals surface area contributed by atoms with Crippen LogP contribution in [0.5, 0.6) is 0 Å². The molecule has 3 unspecified atom stereocenters. The molecule has 1 radical (unpaired) electrons. The average Bonchev–Trinajstić information content (AvgIpc) is 3.33. The van der Waals surface area contributed by atoms with Crippen molar-refractivity contribution in [3.8, 4) is 0 Å². The zero-order chi connectivity index (χ0) is 21.0. The van der Waals surface area contributed by atoms with Gasteiger partial charge in [-0.25, -0.2) is 0 Å². The van der Waals surface area contributed by atoms with Gasteiger partial charge in [-0.3, -0.25) is 0 Å². The highest BCUT2D eigenvalue weighted by molar-refractivity contribution is 6.77. The SMILES string of the molecule is CC1c2cccc3cccc(c23)C1C1([Si](CN)c2ccccc2)C=Cc2ccccc21. The number of rotatable bonds is 4. The molecule has 2 N–H and O–H groups in total. The van der Waals surface area contributed by atoms with Crippen molar-refractivity contribution >= 4 is 30.8 Å². The minimum Gasteiger partial charge on any atom is -0.333 e. The summed E-state index contributed by atoms with van der Waals surface area (Å²) >= 11 is 0. The van der Waals surface area contributed by atoms with E-state index in [2.05, 4.69) is 110 Å². The van der Waals surface area contributed by atoms with Crippen LogP contribution in [-0.2, 0) is 5.04 Å². The van der Waals surface area contributed by atoms with E-state index in [0.29, 0.717) is 18.0 Å². The third-order valence-electron chi connectivity index (χ3n) is 7.54. The highest BCUT2D eigenvalue weighted by atomic mass is 28.3. The fourth-order valence-corrected chi connectivity index (χ4v) is 9.61. The van der Waals surface area contributed by atoms with Crippen molar-refractivity contribution in [2.75, 3.05) is 6.17 Å². The normalized spacial score (nSPS) is 23.6. The molecular weight excluding hydrogens is 390 g/mol. The van der Waals surface area contributed by atoms with Crippen LogP contribution in [0.1, 0.15) is 41.0 Å². The van der Waals surface area contributed by atoms with Gasteiger partial charge in [0.2, 0.25) is 0 Å². The number of nitrogens with two attached hydrogens (primary N) is 1. The largest absolute Gasteiger partial charge is 0.333 e. The third kappa shape index (κ3) is 2.52. The standard InChI is InChI=1S/C29H26NSi/c1-20-24-14-7-10-22-11-8-15-25(27(22)24)28(20)29(18-17-21-9-5-6-16-26(21)29)31(19-30)23-12-3-2-4-13-23/h2-18,20,28H,19,30H2,1H3. The Hall–Kier alpha value is -2.94. The van der Waals surface area contributed by atoms with Crippen molar-refractivity contribution in [1.29, 1.82) is 0 Å². The summed E-state index contributed by atoms with van der Waals surface area (Å²) < 4.78 is 0. The topological polar surface area (TPSA) is 26.0 Å². The number of hydrogen-bond acceptors (Lipinski definition) is 1. The van der Waals surface area contributed by atoms with E-state index in [-0.39, 0.29) is 5.04 Å². The zero-order valence-corrected chi connectivity index (χ0v) is 18.8. The van der Waals surface area contributed by atoms with E-state index in [1.165, 1.54) is 38.2 Å². The minimum absolute atomic E-state index is 0.0793. The third-order valence-corrected chi connectivity index (χ3v) is 10.7. The summed E-state index contributed by atoms with van der Waals surface area (Å²) in [5, 5.41) is 4.16. The molecule has 0 bridgehead atoms. The second-order valence-corrected chi connectivity index (χ2v) is 11.7. The molecule has 0 spiro atoms. The first kappa shape index (κ1) is 18.8. The molecule has 0 saturated heterocycles. The van der Waals surface area contributed by atoms with Crippen LogP contribution in [0.2, 0.25) is 0 Å². The Kier molecular flexibility index (Phi) is 4.27. The average molecular weight is 417 g/mol. The summed E-state index contributed by atoms with van der Waals surface area (Å²) in [6, 6.07) is 33.7. The number of allylic oxidation sites excluding steroid dienone is 1. The molecule has 0 amide bonds. The fourth-order valence-electron chi connectivity index (χ4n) is 6.34. The lowest BCUT2D eigenvalue weighted by Crippen LogP contribution is -2.57. The molecule has 0 fully saturated rings. The Bertz CT molecular complexity index is 1300. The molecule has 3 atom stereocenters. The van der Waals surface area contributed by atoms with Gasteiger partial charge < -0.3 is 5.73 Å². The molecule has 0 saturated carbocycles. The number of hydrogen-bond donors (Lipinski definition) is 1. The summed E-state index contributed by atoms with van der Waals surface area (Å²) in [4.78, 5) is 0. The van der Waals surface area contributed by atoms with E-state index < -0.39 is 8.80 Å². The van der Waals surface area contributed by atoms with Gasteiger partial charge >= 0.3 is 0 Å². The van der Waals surface area contributed by atoms with Gasteiger partial charge in [0.05, 0.1) is 0 Å². The molecule has 4 aromatic carbocycles. The molecule has 4 aromatic rings. The molecule has 2 aliphatic rings. The first-order valence-electron chi connectivity index (χ1n) is 11.2. The first-order chi connectivity index (χ1) is 15.3. The highest BCUT2D eigenvalue weighted by Crippen LogP contribution is 2.58. The van der Waals surface area contributed by atoms with Gasteiger partial charge in [0.25, 0.3) is 0 Å². The lowest BCUT2D eigenvalue weighted by atomic mass is 9.77. The molecule has 2 aliphatic carbocycles. The minimum atomic E-state index is -1.15. The van der Waals surface area contributed by atoms with Crippen LogP contribution >= 0.6 is 0 Å². The maximum atomic E-state index is 6.65. The molecule has 0 aromatic heterocycles. The number of fused-ring (bicyclic) bond motifs is 1. The van der Waals surface area contributed by atoms with Crippen LogP contribution in [0, 0.1) is 0 Å². The van der Waals surface area contributed by atoms with Crippen LogP contribution < -0.4 is 10.9 Å². The molecule has 2 heteroatoms. The van der Waals surface area contributed by atoms with E-state index in [1.54, 1.807) is 0 Å². The Morgan fingerprint density at radius 1 is 0.806 bits per heavy atom. The van der Waals surface area contributed by atoms with Crippen molar-refractivity contribution < 1.29 is 0 Å². The van der Waals surface area contributed by atoms with Gasteiger partial charge in [-0.2, -0.15) is 0 Å². The van der Waals surface area contributed by atoms with Crippen LogP contribution in [-0.4, -0.2) is 15.0 Å². The van der Waals surface area contributed by atoms with Crippen LogP contribution in [0.3, 0.4) is 0 Å². The Labute approximate surface area is 185 Å².